The van der Waals surface area contributed by atoms with E-state index < -0.39 is 17.5 Å². The van der Waals surface area contributed by atoms with Crippen LogP contribution in [0.5, 0.6) is 0 Å². The van der Waals surface area contributed by atoms with Gasteiger partial charge in [-0.1, -0.05) is 0 Å². The number of aldehydes is 1. The maximum absolute atomic E-state index is 10.0. The molecule has 0 saturated carbocycles. The maximum Gasteiger partial charge on any atom is 0.148 e. The van der Waals surface area contributed by atoms with Crippen molar-refractivity contribution in [3.8, 4) is 0 Å². The van der Waals surface area contributed by atoms with Crippen molar-refractivity contribution in [1.82, 2.24) is 0 Å². The topological polar surface area (TPSA) is 75.7 Å². The molecule has 0 aromatic carbocycles. The Balaban J connectivity index is 3.10. The van der Waals surface area contributed by atoms with Gasteiger partial charge in [-0.3, -0.25) is 0 Å². The van der Waals surface area contributed by atoms with Crippen molar-refractivity contribution in [2.24, 2.45) is 0 Å². The fourth-order valence-corrected chi connectivity index (χ4v) is 0.748. The summed E-state index contributed by atoms with van der Waals surface area (Å²) in [6, 6.07) is 0. The third kappa shape index (κ3) is 7.80. The molecule has 0 aliphatic rings. The molecule has 0 fully saturated rings. The first kappa shape index (κ1) is 11.7. The Morgan fingerprint density at radius 3 is 2.75 bits per heavy atom. The minimum absolute atomic E-state index is 0.0850. The second-order valence-electron chi connectivity index (χ2n) is 2.09. The van der Waals surface area contributed by atoms with Gasteiger partial charge in [0.05, 0.1) is 18.0 Å². The van der Waals surface area contributed by atoms with Gasteiger partial charge in [-0.25, -0.2) is 4.21 Å². The number of carbonyl (C=O) groups is 1. The van der Waals surface area contributed by atoms with Crippen LogP contribution in [0.2, 0.25) is 0 Å². The van der Waals surface area contributed by atoms with Crippen molar-refractivity contribution in [1.29, 1.82) is 0 Å². The Labute approximate surface area is 73.5 Å². The summed E-state index contributed by atoms with van der Waals surface area (Å²) in [6.07, 6.45) is 0.682. The molecule has 0 amide bonds. The number of ether oxygens (including phenoxy) is 1. The summed E-state index contributed by atoms with van der Waals surface area (Å²) in [6.45, 7) is 2.01. The zero-order chi connectivity index (χ0) is 9.40. The molecule has 0 rings (SSSR count). The lowest BCUT2D eigenvalue weighted by Crippen LogP contribution is -2.11. The van der Waals surface area contributed by atoms with Crippen LogP contribution >= 0.6 is 0 Å². The Morgan fingerprint density at radius 2 is 2.25 bits per heavy atom. The van der Waals surface area contributed by atoms with Crippen molar-refractivity contribution in [3.05, 3.63) is 0 Å². The van der Waals surface area contributed by atoms with Gasteiger partial charge in [-0.2, -0.15) is 0 Å². The highest BCUT2D eigenvalue weighted by Gasteiger charge is 1.97. The van der Waals surface area contributed by atoms with Crippen LogP contribution in [-0.2, 0) is 25.1 Å². The summed E-state index contributed by atoms with van der Waals surface area (Å²) in [4.78, 5) is 10.0. The molecule has 0 heterocycles. The van der Waals surface area contributed by atoms with Gasteiger partial charge in [0.2, 0.25) is 0 Å². The Kier molecular flexibility index (Phi) is 7.17. The molecular formula is C6H11O5S-. The van der Waals surface area contributed by atoms with E-state index in [9.17, 15) is 13.6 Å². The predicted octanol–water partition coefficient (Wildman–Crippen LogP) is -0.209. The quantitative estimate of drug-likeness (QED) is 0.319. The van der Waals surface area contributed by atoms with E-state index in [0.29, 0.717) is 19.3 Å². The zero-order valence-electron chi connectivity index (χ0n) is 6.73. The highest BCUT2D eigenvalue weighted by atomic mass is 32.2. The molecule has 12 heavy (non-hydrogen) atoms. The van der Waals surface area contributed by atoms with Gasteiger partial charge in [0.1, 0.15) is 12.4 Å². The Hall–Kier alpha value is -0.300. The van der Waals surface area contributed by atoms with Crippen molar-refractivity contribution in [2.45, 2.75) is 19.4 Å². The molecule has 0 aliphatic carbocycles. The van der Waals surface area contributed by atoms with Gasteiger partial charge in [-0.05, 0) is 13.3 Å². The van der Waals surface area contributed by atoms with E-state index in [4.69, 9.17) is 4.74 Å². The van der Waals surface area contributed by atoms with Crippen LogP contribution in [0, 0.1) is 0 Å². The first-order chi connectivity index (χ1) is 5.66. The maximum atomic E-state index is 10.0. The fourth-order valence-electron chi connectivity index (χ4n) is 0.494. The van der Waals surface area contributed by atoms with E-state index in [1.54, 1.807) is 6.92 Å². The average molecular weight is 195 g/mol. The lowest BCUT2D eigenvalue weighted by Gasteiger charge is -2.07. The number of rotatable bonds is 7. The van der Waals surface area contributed by atoms with Gasteiger partial charge in [0.25, 0.3) is 0 Å². The van der Waals surface area contributed by atoms with Gasteiger partial charge in [-0.15, -0.1) is 0 Å². The molecular weight excluding hydrogens is 184 g/mol. The molecule has 0 aliphatic heterocycles. The molecule has 2 atom stereocenters. The summed E-state index contributed by atoms with van der Waals surface area (Å²) in [5, 5.41) is 0. The van der Waals surface area contributed by atoms with Gasteiger partial charge < -0.3 is 18.3 Å². The highest BCUT2D eigenvalue weighted by Crippen LogP contribution is 1.90. The summed E-state index contributed by atoms with van der Waals surface area (Å²) < 4.78 is 28.8. The molecule has 0 spiro atoms. The summed E-state index contributed by atoms with van der Waals surface area (Å²) in [7, 11) is 0. The summed E-state index contributed by atoms with van der Waals surface area (Å²) >= 11 is -2.46. The third-order valence-electron chi connectivity index (χ3n) is 1.04. The monoisotopic (exact) mass is 195 g/mol. The van der Waals surface area contributed by atoms with Crippen molar-refractivity contribution >= 4 is 17.6 Å². The van der Waals surface area contributed by atoms with E-state index in [1.165, 1.54) is 0 Å². The van der Waals surface area contributed by atoms with Crippen LogP contribution < -0.4 is 0 Å². The molecule has 0 N–H and O–H groups in total. The van der Waals surface area contributed by atoms with E-state index in [1.807, 2.05) is 0 Å². The van der Waals surface area contributed by atoms with Crippen molar-refractivity contribution in [2.75, 3.05) is 13.2 Å². The SMILES string of the molecule is CC(C=O)OCCCOS(=O)[O-]. The Bertz CT molecular complexity index is 149. The zero-order valence-corrected chi connectivity index (χ0v) is 7.54. The van der Waals surface area contributed by atoms with E-state index in [-0.39, 0.29) is 6.61 Å². The molecule has 72 valence electrons. The summed E-state index contributed by atoms with van der Waals surface area (Å²) in [5.74, 6) is 0. The van der Waals surface area contributed by atoms with Gasteiger partial charge in [0.15, 0.2) is 0 Å². The van der Waals surface area contributed by atoms with Crippen molar-refractivity contribution in [3.63, 3.8) is 0 Å². The smallest absolute Gasteiger partial charge is 0.148 e. The molecule has 2 unspecified atom stereocenters. The van der Waals surface area contributed by atoms with Crippen LogP contribution in [0.25, 0.3) is 0 Å². The number of carbonyl (C=O) groups excluding carboxylic acids is 1. The second-order valence-corrected chi connectivity index (χ2v) is 2.74. The standard InChI is InChI=1S/C6H12O5S/c1-6(5-7)10-3-2-4-11-12(8)9/h5-6H,2-4H2,1H3,(H,8,9)/p-1. The largest absolute Gasteiger partial charge is 0.750 e. The second kappa shape index (κ2) is 7.35. The molecule has 0 radical (unpaired) electrons. The Morgan fingerprint density at radius 1 is 1.58 bits per heavy atom. The highest BCUT2D eigenvalue weighted by molar-refractivity contribution is 7.74. The van der Waals surface area contributed by atoms with E-state index >= 15 is 0 Å². The molecule has 6 heteroatoms. The summed E-state index contributed by atoms with van der Waals surface area (Å²) in [5.41, 5.74) is 0. The van der Waals surface area contributed by atoms with Gasteiger partial charge >= 0.3 is 0 Å². The minimum Gasteiger partial charge on any atom is -0.750 e. The predicted molar refractivity (Wildman–Crippen MR) is 41.0 cm³/mol. The number of hydrogen-bond acceptors (Lipinski definition) is 5. The normalized spacial score (nSPS) is 15.5. The first-order valence-electron chi connectivity index (χ1n) is 3.46. The first-order valence-corrected chi connectivity index (χ1v) is 4.46. The van der Waals surface area contributed by atoms with Crippen LogP contribution in [-0.4, -0.2) is 34.4 Å². The molecule has 0 aromatic rings. The van der Waals surface area contributed by atoms with Crippen LogP contribution in [0.4, 0.5) is 0 Å². The van der Waals surface area contributed by atoms with Crippen LogP contribution in [0.1, 0.15) is 13.3 Å². The van der Waals surface area contributed by atoms with E-state index in [2.05, 4.69) is 4.18 Å². The molecule has 0 bridgehead atoms. The molecule has 0 saturated heterocycles. The van der Waals surface area contributed by atoms with Gasteiger partial charge in [0, 0.05) is 6.61 Å². The lowest BCUT2D eigenvalue weighted by atomic mass is 10.4. The fraction of sp³-hybridized carbons (Fsp3) is 0.833. The third-order valence-corrected chi connectivity index (χ3v) is 1.40. The molecule has 0 aromatic heterocycles. The molecule has 5 nitrogen and oxygen atoms in total. The van der Waals surface area contributed by atoms with Crippen LogP contribution in [0.15, 0.2) is 0 Å². The van der Waals surface area contributed by atoms with Crippen molar-refractivity contribution < 1.29 is 22.5 Å². The minimum atomic E-state index is -2.46. The number of hydrogen-bond donors (Lipinski definition) is 0. The average Bonchev–Trinajstić information content (AvgIpc) is 2.03. The lowest BCUT2D eigenvalue weighted by molar-refractivity contribution is -0.117. The van der Waals surface area contributed by atoms with E-state index in [0.717, 1.165) is 0 Å². The van der Waals surface area contributed by atoms with Crippen LogP contribution in [0.3, 0.4) is 0 Å².